The molecule has 5 atom stereocenters. The average molecular weight is 322 g/mol. The number of aliphatic hydroxyl groups excluding tert-OH is 3. The molecule has 1 aromatic carbocycles. The van der Waals surface area contributed by atoms with Crippen LogP contribution in [0.15, 0.2) is 33.5 Å². The van der Waals surface area contributed by atoms with Gasteiger partial charge in [-0.25, -0.2) is 4.79 Å². The molecule has 1 aliphatic rings. The lowest BCUT2D eigenvalue weighted by atomic mass is 10.00. The highest BCUT2D eigenvalue weighted by molar-refractivity contribution is 5.81. The topological polar surface area (TPSA) is 109 Å². The summed E-state index contributed by atoms with van der Waals surface area (Å²) in [5.74, 6) is 0.311. The standard InChI is InChI=1S/C16H18O7/c1-7-5-12(17)23-11-6-9(3-4-10(7)11)22-16-15(20)14(19)13(18)8(2)21-16/h3-6,8,13-16,18-20H,1-2H3/t8?,13-,14+,15?,16-/m0/s1. The first-order chi connectivity index (χ1) is 10.9. The lowest BCUT2D eigenvalue weighted by Crippen LogP contribution is -2.58. The molecule has 2 unspecified atom stereocenters. The van der Waals surface area contributed by atoms with Crippen molar-refractivity contribution in [3.05, 3.63) is 40.2 Å². The van der Waals surface area contributed by atoms with Gasteiger partial charge >= 0.3 is 5.63 Å². The van der Waals surface area contributed by atoms with Crippen molar-refractivity contribution in [2.45, 2.75) is 44.6 Å². The van der Waals surface area contributed by atoms with Crippen LogP contribution in [0.5, 0.6) is 5.75 Å². The van der Waals surface area contributed by atoms with E-state index in [-0.39, 0.29) is 0 Å². The van der Waals surface area contributed by atoms with E-state index < -0.39 is 36.3 Å². The van der Waals surface area contributed by atoms with Crippen LogP contribution in [-0.2, 0) is 4.74 Å². The Morgan fingerprint density at radius 3 is 2.57 bits per heavy atom. The van der Waals surface area contributed by atoms with E-state index in [0.717, 1.165) is 10.9 Å². The number of aryl methyl sites for hydroxylation is 1. The second kappa shape index (κ2) is 5.93. The van der Waals surface area contributed by atoms with E-state index in [9.17, 15) is 20.1 Å². The molecule has 7 nitrogen and oxygen atoms in total. The zero-order chi connectivity index (χ0) is 16.7. The molecule has 1 aliphatic heterocycles. The van der Waals surface area contributed by atoms with Gasteiger partial charge in [0.15, 0.2) is 0 Å². The highest BCUT2D eigenvalue weighted by atomic mass is 16.7. The second-order valence-electron chi connectivity index (χ2n) is 5.71. The van der Waals surface area contributed by atoms with E-state index in [1.165, 1.54) is 12.1 Å². The lowest BCUT2D eigenvalue weighted by molar-refractivity contribution is -0.268. The van der Waals surface area contributed by atoms with Crippen molar-refractivity contribution in [1.29, 1.82) is 0 Å². The number of ether oxygens (including phenoxy) is 2. The molecule has 1 fully saturated rings. The van der Waals surface area contributed by atoms with Crippen LogP contribution in [0.3, 0.4) is 0 Å². The van der Waals surface area contributed by atoms with E-state index in [4.69, 9.17) is 13.9 Å². The van der Waals surface area contributed by atoms with Crippen LogP contribution in [0.4, 0.5) is 0 Å². The van der Waals surface area contributed by atoms with Crippen molar-refractivity contribution in [1.82, 2.24) is 0 Å². The SMILES string of the molecule is Cc1cc(=O)oc2cc(O[C@@H]3OC(C)[C@H](O)[C@@H](O)C3O)ccc12. The van der Waals surface area contributed by atoms with E-state index in [0.29, 0.717) is 11.3 Å². The van der Waals surface area contributed by atoms with Crippen molar-refractivity contribution in [3.8, 4) is 5.75 Å². The Bertz CT molecular complexity index is 769. The average Bonchev–Trinajstić information content (AvgIpc) is 2.50. The molecule has 3 rings (SSSR count). The van der Waals surface area contributed by atoms with Gasteiger partial charge in [-0.3, -0.25) is 0 Å². The quantitative estimate of drug-likeness (QED) is 0.683. The van der Waals surface area contributed by atoms with E-state index in [1.54, 1.807) is 26.0 Å². The van der Waals surface area contributed by atoms with Crippen molar-refractivity contribution in [3.63, 3.8) is 0 Å². The van der Waals surface area contributed by atoms with Crippen LogP contribution in [0.1, 0.15) is 12.5 Å². The van der Waals surface area contributed by atoms with E-state index >= 15 is 0 Å². The first kappa shape index (κ1) is 15.9. The molecule has 0 amide bonds. The Balaban J connectivity index is 1.88. The van der Waals surface area contributed by atoms with Gasteiger partial charge in [-0.15, -0.1) is 0 Å². The number of hydrogen-bond acceptors (Lipinski definition) is 7. The summed E-state index contributed by atoms with van der Waals surface area (Å²) in [7, 11) is 0. The fraction of sp³-hybridized carbons (Fsp3) is 0.438. The van der Waals surface area contributed by atoms with Gasteiger partial charge in [0.2, 0.25) is 6.29 Å². The highest BCUT2D eigenvalue weighted by Gasteiger charge is 2.43. The van der Waals surface area contributed by atoms with Crippen LogP contribution in [0.2, 0.25) is 0 Å². The first-order valence-corrected chi connectivity index (χ1v) is 7.27. The third kappa shape index (κ3) is 2.96. The Hall–Kier alpha value is -1.93. The zero-order valence-corrected chi connectivity index (χ0v) is 12.7. The van der Waals surface area contributed by atoms with E-state index in [2.05, 4.69) is 0 Å². The Kier molecular flexibility index (Phi) is 4.11. The number of hydrogen-bond donors (Lipinski definition) is 3. The van der Waals surface area contributed by atoms with Crippen molar-refractivity contribution < 1.29 is 29.2 Å². The normalized spacial score (nSPS) is 31.3. The molecule has 0 aliphatic carbocycles. The summed E-state index contributed by atoms with van der Waals surface area (Å²) < 4.78 is 16.0. The Labute approximate surface area is 131 Å². The lowest BCUT2D eigenvalue weighted by Gasteiger charge is -2.38. The summed E-state index contributed by atoms with van der Waals surface area (Å²) in [4.78, 5) is 11.4. The molecule has 0 radical (unpaired) electrons. The van der Waals surface area contributed by atoms with Gasteiger partial charge in [-0.2, -0.15) is 0 Å². The molecule has 3 N–H and O–H groups in total. The van der Waals surface area contributed by atoms with Crippen molar-refractivity contribution >= 4 is 11.0 Å². The van der Waals surface area contributed by atoms with Gasteiger partial charge < -0.3 is 29.2 Å². The molecular formula is C16H18O7. The number of aliphatic hydroxyl groups is 3. The fourth-order valence-corrected chi connectivity index (χ4v) is 2.62. The first-order valence-electron chi connectivity index (χ1n) is 7.27. The summed E-state index contributed by atoms with van der Waals surface area (Å²) in [5.41, 5.74) is 0.670. The Morgan fingerprint density at radius 2 is 1.83 bits per heavy atom. The summed E-state index contributed by atoms with van der Waals surface area (Å²) in [6, 6.07) is 6.29. The van der Waals surface area contributed by atoms with Crippen LogP contribution in [0.25, 0.3) is 11.0 Å². The minimum absolute atomic E-state index is 0.311. The van der Waals surface area contributed by atoms with Gasteiger partial charge in [-0.05, 0) is 31.5 Å². The molecule has 1 aromatic heterocycles. The maximum Gasteiger partial charge on any atom is 0.336 e. The largest absolute Gasteiger partial charge is 0.462 e. The number of rotatable bonds is 2. The second-order valence-corrected chi connectivity index (χ2v) is 5.71. The van der Waals surface area contributed by atoms with E-state index in [1.807, 2.05) is 0 Å². The third-order valence-electron chi connectivity index (χ3n) is 3.98. The minimum Gasteiger partial charge on any atom is -0.462 e. The maximum absolute atomic E-state index is 11.4. The van der Waals surface area contributed by atoms with Crippen LogP contribution < -0.4 is 10.4 Å². The summed E-state index contributed by atoms with van der Waals surface area (Å²) in [6.45, 7) is 3.37. The molecule has 1 saturated heterocycles. The molecule has 2 heterocycles. The fourth-order valence-electron chi connectivity index (χ4n) is 2.62. The predicted octanol–water partition coefficient (Wildman–Crippen LogP) is 0.308. The smallest absolute Gasteiger partial charge is 0.336 e. The minimum atomic E-state index is -1.40. The molecule has 0 saturated carbocycles. The summed E-state index contributed by atoms with van der Waals surface area (Å²) in [6.07, 6.45) is -5.80. The van der Waals surface area contributed by atoms with Gasteiger partial charge in [0.25, 0.3) is 0 Å². The van der Waals surface area contributed by atoms with Gasteiger partial charge in [0, 0.05) is 17.5 Å². The monoisotopic (exact) mass is 322 g/mol. The number of benzene rings is 1. The van der Waals surface area contributed by atoms with Gasteiger partial charge in [-0.1, -0.05) is 0 Å². The highest BCUT2D eigenvalue weighted by Crippen LogP contribution is 2.27. The van der Waals surface area contributed by atoms with Gasteiger partial charge in [0.1, 0.15) is 29.6 Å². The van der Waals surface area contributed by atoms with Crippen LogP contribution >= 0.6 is 0 Å². The van der Waals surface area contributed by atoms with Crippen molar-refractivity contribution in [2.24, 2.45) is 0 Å². The molecule has 0 bridgehead atoms. The van der Waals surface area contributed by atoms with Crippen molar-refractivity contribution in [2.75, 3.05) is 0 Å². The summed E-state index contributed by atoms with van der Waals surface area (Å²) >= 11 is 0. The molecule has 23 heavy (non-hydrogen) atoms. The van der Waals surface area contributed by atoms with Gasteiger partial charge in [0.05, 0.1) is 6.10 Å². The molecule has 124 valence electrons. The zero-order valence-electron chi connectivity index (χ0n) is 12.7. The summed E-state index contributed by atoms with van der Waals surface area (Å²) in [5, 5.41) is 30.2. The molecule has 2 aromatic rings. The van der Waals surface area contributed by atoms with Crippen LogP contribution in [-0.4, -0.2) is 46.0 Å². The number of fused-ring (bicyclic) bond motifs is 1. The molecular weight excluding hydrogens is 304 g/mol. The molecule has 0 spiro atoms. The van der Waals surface area contributed by atoms with Crippen LogP contribution in [0, 0.1) is 6.92 Å². The maximum atomic E-state index is 11.4. The predicted molar refractivity (Wildman–Crippen MR) is 80.2 cm³/mol. The molecule has 7 heteroatoms. The Morgan fingerprint density at radius 1 is 1.09 bits per heavy atom. The third-order valence-corrected chi connectivity index (χ3v) is 3.98.